The summed E-state index contributed by atoms with van der Waals surface area (Å²) in [5.74, 6) is -2.32. The number of cyclic esters (lactones) is 1. The van der Waals surface area contributed by atoms with E-state index in [1.807, 2.05) is 94.8 Å². The van der Waals surface area contributed by atoms with Gasteiger partial charge in [-0.1, -0.05) is 45.0 Å². The summed E-state index contributed by atoms with van der Waals surface area (Å²) in [5, 5.41) is 68.9. The van der Waals surface area contributed by atoms with Crippen LogP contribution in [0.4, 0.5) is 0 Å². The summed E-state index contributed by atoms with van der Waals surface area (Å²) in [7, 11) is 5.35. The highest BCUT2D eigenvalue weighted by molar-refractivity contribution is 5.73. The highest BCUT2D eigenvalue weighted by Gasteiger charge is 2.55. The lowest BCUT2D eigenvalue weighted by Crippen LogP contribution is -2.62. The van der Waals surface area contributed by atoms with Crippen molar-refractivity contribution in [1.82, 2.24) is 24.8 Å². The Balaban J connectivity index is 1.20. The van der Waals surface area contributed by atoms with Crippen LogP contribution in [0, 0.1) is 23.7 Å². The second-order valence-corrected chi connectivity index (χ2v) is 22.2. The van der Waals surface area contributed by atoms with Gasteiger partial charge in [0.05, 0.1) is 66.4 Å². The van der Waals surface area contributed by atoms with Gasteiger partial charge in [-0.15, -0.1) is 5.10 Å². The third-order valence-electron chi connectivity index (χ3n) is 16.3. The number of likely N-dealkylation sites (N-methyl/N-ethyl adjacent to an activating group) is 2. The molecule has 18 heteroatoms. The average Bonchev–Trinajstić information content (AvgIpc) is 4.05. The number of hydrogen-bond acceptors (Lipinski definition) is 17. The number of aliphatic hydroxyl groups excluding tert-OH is 3. The second kappa shape index (κ2) is 24.4. The van der Waals surface area contributed by atoms with Gasteiger partial charge in [0.25, 0.3) is 0 Å². The van der Waals surface area contributed by atoms with Crippen molar-refractivity contribution in [3.63, 3.8) is 0 Å². The van der Waals surface area contributed by atoms with Crippen molar-refractivity contribution < 1.29 is 63.2 Å². The Kier molecular flexibility index (Phi) is 19.6. The molecule has 3 fully saturated rings. The molecule has 5 N–H and O–H groups in total. The second-order valence-electron chi connectivity index (χ2n) is 22.2. The van der Waals surface area contributed by atoms with Crippen LogP contribution < -0.4 is 4.74 Å². The van der Waals surface area contributed by atoms with E-state index in [-0.39, 0.29) is 31.3 Å². The van der Waals surface area contributed by atoms with Crippen LogP contribution in [0.3, 0.4) is 0 Å². The third-order valence-corrected chi connectivity index (χ3v) is 16.3. The molecule has 0 radical (unpaired) electrons. The summed E-state index contributed by atoms with van der Waals surface area (Å²) in [6, 6.07) is 8.87. The van der Waals surface area contributed by atoms with Crippen LogP contribution in [-0.4, -0.2) is 181 Å². The number of aromatic nitrogens is 3. The number of nitrogens with zero attached hydrogens (tertiary/aromatic N) is 5. The number of carbonyl (C=O) groups excluding carboxylic acids is 1. The molecular formula is C54H87N5O13. The standard InChI is InChI=1S/C54H87N5O13/c1-14-44-54(10,65)47(61)36(6)58(12)29-32(2)27-52(8,64)49(34(4)45(35(5)50(63)71-44)43-28-53(9,66-13)48(62)37(7)70-43)72-51-46(60)42(26-33(3)69-51)57(11)23-20-40-30-59(56-55-40)22-15-24-68-41-18-16-38(17-19-41)39-21-25-67-31-39/h16-19,21,25,30-37,42-49,51,60-62,64-65H,14-15,20,22-24,26-29H2,1-13H3/t32-,33-,34+,35-,36-,37+,42+,43?,44-,45+,46-,47-,48+,49-,51+,52-,53-,54-/m1/s1. The number of benzene rings is 1. The van der Waals surface area contributed by atoms with Gasteiger partial charge in [-0.05, 0) is 110 Å². The van der Waals surface area contributed by atoms with Crippen LogP contribution in [-0.2, 0) is 41.4 Å². The monoisotopic (exact) mass is 1010 g/mol. The normalized spacial score (nSPS) is 39.0. The molecule has 406 valence electrons. The number of hydrogen-bond donors (Lipinski definition) is 5. The van der Waals surface area contributed by atoms with Gasteiger partial charge in [-0.3, -0.25) is 9.48 Å². The van der Waals surface area contributed by atoms with Gasteiger partial charge in [-0.2, -0.15) is 0 Å². The molecule has 0 amide bonds. The van der Waals surface area contributed by atoms with Crippen molar-refractivity contribution in [3.05, 3.63) is 54.7 Å². The van der Waals surface area contributed by atoms with E-state index in [2.05, 4.69) is 15.2 Å². The molecule has 0 bridgehead atoms. The fraction of sp³-hybridized carbons (Fsp3) is 0.759. The predicted octanol–water partition coefficient (Wildman–Crippen LogP) is 5.11. The minimum atomic E-state index is -1.81. The van der Waals surface area contributed by atoms with Crippen molar-refractivity contribution in [2.75, 3.05) is 40.9 Å². The topological polar surface area (TPSA) is 224 Å². The number of ether oxygens (including phenoxy) is 6. The quantitative estimate of drug-likeness (QED) is 0.0986. The van der Waals surface area contributed by atoms with Crippen LogP contribution in [0.25, 0.3) is 11.1 Å². The van der Waals surface area contributed by atoms with Gasteiger partial charge in [-0.25, -0.2) is 0 Å². The third kappa shape index (κ3) is 13.5. The first-order valence-electron chi connectivity index (χ1n) is 26.2. The molecule has 3 aromatic rings. The van der Waals surface area contributed by atoms with Crippen molar-refractivity contribution in [1.29, 1.82) is 0 Å². The van der Waals surface area contributed by atoms with E-state index in [1.165, 1.54) is 14.0 Å². The van der Waals surface area contributed by atoms with E-state index in [0.29, 0.717) is 39.1 Å². The van der Waals surface area contributed by atoms with Gasteiger partial charge in [0.15, 0.2) is 6.29 Å². The Labute approximate surface area is 427 Å². The zero-order valence-corrected chi connectivity index (χ0v) is 45.1. The van der Waals surface area contributed by atoms with Gasteiger partial charge < -0.3 is 68.2 Å². The van der Waals surface area contributed by atoms with E-state index in [9.17, 15) is 30.3 Å². The Morgan fingerprint density at radius 3 is 2.31 bits per heavy atom. The molecule has 0 spiro atoms. The summed E-state index contributed by atoms with van der Waals surface area (Å²) < 4.78 is 45.2. The fourth-order valence-electron chi connectivity index (χ4n) is 11.8. The zero-order chi connectivity index (χ0) is 52.9. The molecule has 1 aromatic carbocycles. The lowest BCUT2D eigenvalue weighted by Gasteiger charge is -2.51. The minimum absolute atomic E-state index is 0.167. The number of aliphatic hydroxyl groups is 5. The Bertz CT molecular complexity index is 2120. The fourth-order valence-corrected chi connectivity index (χ4v) is 11.8. The maximum Gasteiger partial charge on any atom is 0.309 e. The smallest absolute Gasteiger partial charge is 0.309 e. The first-order chi connectivity index (χ1) is 33.9. The van der Waals surface area contributed by atoms with E-state index >= 15 is 0 Å². The summed E-state index contributed by atoms with van der Waals surface area (Å²) in [6.07, 6.45) is -0.646. The number of rotatable bonds is 15. The largest absolute Gasteiger partial charge is 0.494 e. The molecule has 3 aliphatic heterocycles. The van der Waals surface area contributed by atoms with Gasteiger partial charge in [0.2, 0.25) is 0 Å². The molecule has 3 saturated heterocycles. The van der Waals surface area contributed by atoms with Gasteiger partial charge >= 0.3 is 5.97 Å². The molecular weight excluding hydrogens is 927 g/mol. The molecule has 0 saturated carbocycles. The number of aryl methyl sites for hydroxylation is 1. The van der Waals surface area contributed by atoms with E-state index < -0.39 is 102 Å². The van der Waals surface area contributed by atoms with Crippen molar-refractivity contribution in [3.8, 4) is 16.9 Å². The highest BCUT2D eigenvalue weighted by Crippen LogP contribution is 2.45. The molecule has 72 heavy (non-hydrogen) atoms. The SMILES string of the molecule is CC[C@H]1OC(=O)[C@H](C)[C@@H](C2C[C@@](C)(OC)[C@@H](O)[C@H](C)O2)[C@H](C)[C@@H](O[C@@H]2O[C@H](C)C[C@H](N(C)CCc3cn(CCCOc4ccc(-c5ccoc5)cc4)nn3)[C@H]2O)[C@](C)(O)C[C@@H](C)CN(C)[C@H](C)[C@@H](O)[C@]1(C)O. The van der Waals surface area contributed by atoms with Crippen LogP contribution in [0.15, 0.2) is 53.5 Å². The highest BCUT2D eigenvalue weighted by atomic mass is 16.7. The van der Waals surface area contributed by atoms with Crippen LogP contribution in [0.1, 0.15) is 107 Å². The average molecular weight is 1010 g/mol. The van der Waals surface area contributed by atoms with Crippen LogP contribution in [0.5, 0.6) is 5.75 Å². The molecule has 3 aliphatic rings. The lowest BCUT2D eigenvalue weighted by atomic mass is 9.68. The first-order valence-corrected chi connectivity index (χ1v) is 26.2. The molecule has 1 unspecified atom stereocenters. The number of methoxy groups -OCH3 is 1. The molecule has 6 rings (SSSR count). The minimum Gasteiger partial charge on any atom is -0.494 e. The van der Waals surface area contributed by atoms with E-state index in [4.69, 9.17) is 32.8 Å². The van der Waals surface area contributed by atoms with Crippen molar-refractivity contribution >= 4 is 5.97 Å². The van der Waals surface area contributed by atoms with Crippen LogP contribution >= 0.6 is 0 Å². The molecule has 2 aromatic heterocycles. The Hall–Kier alpha value is -3.53. The van der Waals surface area contributed by atoms with Gasteiger partial charge in [0, 0.05) is 75.8 Å². The summed E-state index contributed by atoms with van der Waals surface area (Å²) >= 11 is 0. The first kappa shape index (κ1) is 57.7. The Morgan fingerprint density at radius 2 is 1.65 bits per heavy atom. The molecule has 18 atom stereocenters. The van der Waals surface area contributed by atoms with Crippen LogP contribution in [0.2, 0.25) is 0 Å². The van der Waals surface area contributed by atoms with Crippen molar-refractivity contribution in [2.24, 2.45) is 23.7 Å². The Morgan fingerprint density at radius 1 is 0.944 bits per heavy atom. The summed E-state index contributed by atoms with van der Waals surface area (Å²) in [5.41, 5.74) is -1.56. The maximum atomic E-state index is 14.6. The lowest BCUT2D eigenvalue weighted by molar-refractivity contribution is -0.302. The number of furan rings is 1. The summed E-state index contributed by atoms with van der Waals surface area (Å²) in [6.45, 7) is 20.2. The van der Waals surface area contributed by atoms with Gasteiger partial charge in [0.1, 0.15) is 35.8 Å². The summed E-state index contributed by atoms with van der Waals surface area (Å²) in [4.78, 5) is 18.6. The zero-order valence-electron chi connectivity index (χ0n) is 45.1. The molecule has 18 nitrogen and oxygen atoms in total. The predicted molar refractivity (Wildman–Crippen MR) is 270 cm³/mol. The molecule has 5 heterocycles. The number of esters is 1. The van der Waals surface area contributed by atoms with E-state index in [1.54, 1.807) is 40.2 Å². The molecule has 0 aliphatic carbocycles. The van der Waals surface area contributed by atoms with E-state index in [0.717, 1.165) is 29.0 Å². The van der Waals surface area contributed by atoms with Crippen molar-refractivity contribution in [2.45, 2.75) is 198 Å². The maximum absolute atomic E-state index is 14.6. The number of carbonyl (C=O) groups is 1.